The molecule has 0 atom stereocenters. The molecule has 0 amide bonds. The Morgan fingerprint density at radius 1 is 1.47 bits per heavy atom. The topological polar surface area (TPSA) is 76.0 Å². The van der Waals surface area contributed by atoms with Crippen LogP contribution < -0.4 is 11.1 Å². The van der Waals surface area contributed by atoms with Gasteiger partial charge < -0.3 is 20.8 Å². The highest BCUT2D eigenvalue weighted by Gasteiger charge is 2.02. The van der Waals surface area contributed by atoms with Crippen molar-refractivity contribution in [1.82, 2.24) is 9.97 Å². The number of H-pyrrole nitrogens is 1. The van der Waals surface area contributed by atoms with Crippen LogP contribution in [-0.4, -0.2) is 29.7 Å². The minimum Gasteiger partial charge on any atom is -0.382 e. The summed E-state index contributed by atoms with van der Waals surface area (Å²) in [6.45, 7) is 6.27. The molecule has 86 valence electrons. The van der Waals surface area contributed by atoms with Gasteiger partial charge in [-0.05, 0) is 13.3 Å². The van der Waals surface area contributed by atoms with Crippen molar-refractivity contribution in [3.63, 3.8) is 0 Å². The van der Waals surface area contributed by atoms with Gasteiger partial charge in [0.25, 0.3) is 0 Å². The van der Waals surface area contributed by atoms with E-state index in [0.29, 0.717) is 18.2 Å². The van der Waals surface area contributed by atoms with Gasteiger partial charge in [0.15, 0.2) is 5.82 Å². The van der Waals surface area contributed by atoms with Gasteiger partial charge in [-0.2, -0.15) is 0 Å². The fourth-order valence-corrected chi connectivity index (χ4v) is 1.23. The summed E-state index contributed by atoms with van der Waals surface area (Å²) in [6.07, 6.45) is 2.28. The van der Waals surface area contributed by atoms with E-state index in [9.17, 15) is 0 Å². The predicted molar refractivity (Wildman–Crippen MR) is 62.0 cm³/mol. The Morgan fingerprint density at radius 3 is 2.87 bits per heavy atom. The van der Waals surface area contributed by atoms with Crippen molar-refractivity contribution in [1.29, 1.82) is 0 Å². The lowest BCUT2D eigenvalue weighted by molar-refractivity contribution is 0.141. The van der Waals surface area contributed by atoms with Crippen molar-refractivity contribution in [3.05, 3.63) is 5.82 Å². The van der Waals surface area contributed by atoms with Crippen LogP contribution in [0.4, 0.5) is 11.6 Å². The second kappa shape index (κ2) is 6.29. The fraction of sp³-hybridized carbons (Fsp3) is 0.700. The smallest absolute Gasteiger partial charge is 0.168 e. The van der Waals surface area contributed by atoms with Gasteiger partial charge in [0.05, 0.1) is 6.61 Å². The molecule has 0 aliphatic rings. The molecule has 0 saturated heterocycles. The molecule has 0 fully saturated rings. The minimum atomic E-state index is 0.584. The van der Waals surface area contributed by atoms with Gasteiger partial charge in [-0.3, -0.25) is 0 Å². The maximum absolute atomic E-state index is 5.68. The monoisotopic (exact) mass is 212 g/mol. The summed E-state index contributed by atoms with van der Waals surface area (Å²) in [5.41, 5.74) is 5.68. The third kappa shape index (κ3) is 4.20. The van der Waals surface area contributed by atoms with Crippen LogP contribution in [0.1, 0.15) is 25.6 Å². The summed E-state index contributed by atoms with van der Waals surface area (Å²) in [6, 6.07) is 0. The second-order valence-corrected chi connectivity index (χ2v) is 3.48. The molecule has 4 N–H and O–H groups in total. The third-order valence-electron chi connectivity index (χ3n) is 2.03. The zero-order valence-corrected chi connectivity index (χ0v) is 9.47. The molecule has 0 unspecified atom stereocenters. The van der Waals surface area contributed by atoms with E-state index in [1.807, 2.05) is 6.92 Å². The maximum Gasteiger partial charge on any atom is 0.168 e. The number of imidazole rings is 1. The van der Waals surface area contributed by atoms with Gasteiger partial charge in [0.2, 0.25) is 0 Å². The zero-order chi connectivity index (χ0) is 11.1. The van der Waals surface area contributed by atoms with Gasteiger partial charge in [-0.25, -0.2) is 4.98 Å². The van der Waals surface area contributed by atoms with Crippen molar-refractivity contribution in [2.75, 3.05) is 30.8 Å². The van der Waals surface area contributed by atoms with E-state index in [1.165, 1.54) is 6.42 Å². The quantitative estimate of drug-likeness (QED) is 0.599. The number of rotatable bonds is 7. The molecule has 5 nitrogen and oxygen atoms in total. The first-order chi connectivity index (χ1) is 7.24. The van der Waals surface area contributed by atoms with Gasteiger partial charge >= 0.3 is 0 Å². The van der Waals surface area contributed by atoms with Crippen molar-refractivity contribution in [3.8, 4) is 0 Å². The van der Waals surface area contributed by atoms with Crippen molar-refractivity contribution < 1.29 is 4.74 Å². The van der Waals surface area contributed by atoms with E-state index >= 15 is 0 Å². The van der Waals surface area contributed by atoms with Crippen molar-refractivity contribution >= 4 is 11.6 Å². The minimum absolute atomic E-state index is 0.584. The summed E-state index contributed by atoms with van der Waals surface area (Å²) < 4.78 is 5.40. The molecule has 0 aromatic carbocycles. The highest BCUT2D eigenvalue weighted by molar-refractivity contribution is 5.56. The van der Waals surface area contributed by atoms with E-state index in [-0.39, 0.29) is 0 Å². The standard InChI is InChI=1S/C10H20N4O/c1-3-4-6-15-7-5-12-10-9(11)13-8(2)14-10/h12H,3-7,11H2,1-2H3,(H,13,14). The Hall–Kier alpha value is -1.23. The highest BCUT2D eigenvalue weighted by Crippen LogP contribution is 2.12. The number of unbranched alkanes of at least 4 members (excludes halogenated alkanes) is 1. The highest BCUT2D eigenvalue weighted by atomic mass is 16.5. The van der Waals surface area contributed by atoms with E-state index < -0.39 is 0 Å². The lowest BCUT2D eigenvalue weighted by Gasteiger charge is -2.04. The SMILES string of the molecule is CCCCOCCNc1nc(C)[nH]c1N. The van der Waals surface area contributed by atoms with Crippen molar-refractivity contribution in [2.24, 2.45) is 0 Å². The first-order valence-electron chi connectivity index (χ1n) is 5.37. The summed E-state index contributed by atoms with van der Waals surface area (Å²) in [5.74, 6) is 2.12. The summed E-state index contributed by atoms with van der Waals surface area (Å²) in [7, 11) is 0. The summed E-state index contributed by atoms with van der Waals surface area (Å²) in [5, 5.41) is 3.12. The number of hydrogen-bond acceptors (Lipinski definition) is 4. The maximum atomic E-state index is 5.68. The molecular formula is C10H20N4O. The Balaban J connectivity index is 2.12. The molecule has 0 aliphatic carbocycles. The fourth-order valence-electron chi connectivity index (χ4n) is 1.23. The molecule has 1 rings (SSSR count). The van der Waals surface area contributed by atoms with Crippen LogP contribution in [-0.2, 0) is 4.74 Å². The molecule has 1 aromatic heterocycles. The van der Waals surface area contributed by atoms with Crippen LogP contribution >= 0.6 is 0 Å². The normalized spacial score (nSPS) is 10.5. The first-order valence-corrected chi connectivity index (χ1v) is 5.37. The van der Waals surface area contributed by atoms with Crippen LogP contribution in [0, 0.1) is 6.92 Å². The number of nitrogens with zero attached hydrogens (tertiary/aromatic N) is 1. The van der Waals surface area contributed by atoms with E-state index in [1.54, 1.807) is 0 Å². The number of anilines is 2. The van der Waals surface area contributed by atoms with Crippen molar-refractivity contribution in [2.45, 2.75) is 26.7 Å². The zero-order valence-electron chi connectivity index (χ0n) is 9.47. The lowest BCUT2D eigenvalue weighted by atomic mass is 10.4. The average molecular weight is 212 g/mol. The molecule has 1 aromatic rings. The number of aromatic nitrogens is 2. The van der Waals surface area contributed by atoms with Gasteiger partial charge in [0, 0.05) is 13.2 Å². The largest absolute Gasteiger partial charge is 0.382 e. The molecule has 0 saturated carbocycles. The first kappa shape index (κ1) is 11.8. The Labute approximate surface area is 90.4 Å². The number of nitrogen functional groups attached to an aromatic ring is 1. The average Bonchev–Trinajstić information content (AvgIpc) is 2.51. The van der Waals surface area contributed by atoms with Crippen LogP contribution in [0.25, 0.3) is 0 Å². The predicted octanol–water partition coefficient (Wildman–Crippen LogP) is 1.53. The summed E-state index contributed by atoms with van der Waals surface area (Å²) in [4.78, 5) is 7.13. The lowest BCUT2D eigenvalue weighted by Crippen LogP contribution is -2.11. The van der Waals surface area contributed by atoms with Crippen LogP contribution in [0.2, 0.25) is 0 Å². The van der Waals surface area contributed by atoms with Gasteiger partial charge in [0.1, 0.15) is 11.6 Å². The Bertz CT molecular complexity index is 285. The molecule has 15 heavy (non-hydrogen) atoms. The van der Waals surface area contributed by atoms with Crippen LogP contribution in [0.15, 0.2) is 0 Å². The van der Waals surface area contributed by atoms with Crippen LogP contribution in [0.3, 0.4) is 0 Å². The van der Waals surface area contributed by atoms with Gasteiger partial charge in [-0.1, -0.05) is 13.3 Å². The second-order valence-electron chi connectivity index (χ2n) is 3.48. The summed E-state index contributed by atoms with van der Waals surface area (Å²) >= 11 is 0. The number of aryl methyl sites for hydroxylation is 1. The number of hydrogen-bond donors (Lipinski definition) is 3. The van der Waals surface area contributed by atoms with E-state index in [0.717, 1.165) is 25.4 Å². The Kier molecular flexibility index (Phi) is 4.97. The molecule has 1 heterocycles. The van der Waals surface area contributed by atoms with E-state index in [2.05, 4.69) is 22.2 Å². The third-order valence-corrected chi connectivity index (χ3v) is 2.03. The van der Waals surface area contributed by atoms with E-state index in [4.69, 9.17) is 10.5 Å². The molecule has 0 bridgehead atoms. The number of ether oxygens (including phenoxy) is 1. The van der Waals surface area contributed by atoms with Gasteiger partial charge in [-0.15, -0.1) is 0 Å². The molecule has 0 aliphatic heterocycles. The number of nitrogens with two attached hydrogens (primary N) is 1. The number of nitrogens with one attached hydrogen (secondary N) is 2. The Morgan fingerprint density at radius 2 is 2.27 bits per heavy atom. The molecule has 0 radical (unpaired) electrons. The molecule has 5 heteroatoms. The molecule has 0 spiro atoms. The molecular weight excluding hydrogens is 192 g/mol. The number of aromatic amines is 1. The van der Waals surface area contributed by atoms with Crippen LogP contribution in [0.5, 0.6) is 0 Å².